The Kier molecular flexibility index (Phi) is 3.19. The van der Waals surface area contributed by atoms with Gasteiger partial charge in [0.25, 0.3) is 0 Å². The Morgan fingerprint density at radius 3 is 2.47 bits per heavy atom. The van der Waals surface area contributed by atoms with E-state index in [1.54, 1.807) is 12.1 Å². The fourth-order valence-corrected chi connectivity index (χ4v) is 1.45. The van der Waals surface area contributed by atoms with E-state index in [0.717, 1.165) is 0 Å². The van der Waals surface area contributed by atoms with E-state index in [1.165, 1.54) is 6.07 Å². The first-order valence-electron chi connectivity index (χ1n) is 4.52. The highest BCUT2D eigenvalue weighted by Gasteiger charge is 2.21. The van der Waals surface area contributed by atoms with E-state index in [2.05, 4.69) is 5.32 Å². The van der Waals surface area contributed by atoms with E-state index in [9.17, 15) is 10.1 Å². The molecule has 0 radical (unpaired) electrons. The third-order valence-electron chi connectivity index (χ3n) is 1.68. The van der Waals surface area contributed by atoms with Gasteiger partial charge in [-0.3, -0.25) is 10.1 Å². The summed E-state index contributed by atoms with van der Waals surface area (Å²) in [4.78, 5) is 10.3. The summed E-state index contributed by atoms with van der Waals surface area (Å²) in [6, 6.07) is 4.84. The number of nitro benzene ring substituents is 1. The topological polar surface area (TPSA) is 55.2 Å². The van der Waals surface area contributed by atoms with Gasteiger partial charge in [-0.25, -0.2) is 0 Å². The van der Waals surface area contributed by atoms with Gasteiger partial charge in [-0.15, -0.1) is 0 Å². The molecule has 4 nitrogen and oxygen atoms in total. The molecule has 0 saturated heterocycles. The number of nitro groups is 1. The second-order valence-corrected chi connectivity index (χ2v) is 4.68. The summed E-state index contributed by atoms with van der Waals surface area (Å²) in [7, 11) is 0. The zero-order valence-electron chi connectivity index (χ0n) is 8.87. The second kappa shape index (κ2) is 4.06. The van der Waals surface area contributed by atoms with Gasteiger partial charge in [-0.1, -0.05) is 17.7 Å². The molecule has 0 saturated carbocycles. The fourth-order valence-electron chi connectivity index (χ4n) is 1.21. The van der Waals surface area contributed by atoms with Crippen LogP contribution in [0.4, 0.5) is 11.4 Å². The van der Waals surface area contributed by atoms with E-state index < -0.39 is 4.92 Å². The molecule has 1 rings (SSSR count). The van der Waals surface area contributed by atoms with Crippen molar-refractivity contribution in [2.45, 2.75) is 26.3 Å². The van der Waals surface area contributed by atoms with Crippen molar-refractivity contribution in [2.75, 3.05) is 5.32 Å². The molecule has 5 heteroatoms. The van der Waals surface area contributed by atoms with Crippen LogP contribution in [0, 0.1) is 10.1 Å². The molecule has 1 aromatic carbocycles. The van der Waals surface area contributed by atoms with E-state index in [0.29, 0.717) is 5.69 Å². The van der Waals surface area contributed by atoms with Crippen molar-refractivity contribution >= 4 is 23.0 Å². The van der Waals surface area contributed by atoms with Gasteiger partial charge < -0.3 is 5.32 Å². The van der Waals surface area contributed by atoms with Crippen molar-refractivity contribution in [2.24, 2.45) is 0 Å². The predicted molar refractivity (Wildman–Crippen MR) is 61.5 cm³/mol. The summed E-state index contributed by atoms with van der Waals surface area (Å²) < 4.78 is 0. The molecule has 0 amide bonds. The van der Waals surface area contributed by atoms with Crippen molar-refractivity contribution in [1.82, 2.24) is 0 Å². The summed E-state index contributed by atoms with van der Waals surface area (Å²) in [6.45, 7) is 5.78. The smallest absolute Gasteiger partial charge is 0.310 e. The van der Waals surface area contributed by atoms with Gasteiger partial charge in [0, 0.05) is 5.54 Å². The number of rotatable bonds is 2. The minimum absolute atomic E-state index is 0.0749. The lowest BCUT2D eigenvalue weighted by atomic mass is 10.1. The zero-order chi connectivity index (χ0) is 11.6. The molecule has 1 N–H and O–H groups in total. The molecule has 0 fully saturated rings. The van der Waals surface area contributed by atoms with Crippen LogP contribution in [0.1, 0.15) is 20.8 Å². The van der Waals surface area contributed by atoms with Crippen LogP contribution in [0.3, 0.4) is 0 Å². The normalized spacial score (nSPS) is 11.2. The summed E-state index contributed by atoms with van der Waals surface area (Å²) in [5, 5.41) is 14.0. The van der Waals surface area contributed by atoms with Crippen LogP contribution in [0.25, 0.3) is 0 Å². The average molecular weight is 229 g/mol. The third-order valence-corrected chi connectivity index (χ3v) is 1.98. The molecule has 0 aromatic heterocycles. The minimum atomic E-state index is -0.476. The van der Waals surface area contributed by atoms with Gasteiger partial charge in [0.1, 0.15) is 10.7 Å². The third kappa shape index (κ3) is 3.09. The van der Waals surface area contributed by atoms with Gasteiger partial charge in [-0.2, -0.15) is 0 Å². The first-order valence-corrected chi connectivity index (χ1v) is 4.90. The maximum atomic E-state index is 10.8. The number of hydrogen-bond donors (Lipinski definition) is 1. The largest absolute Gasteiger partial charge is 0.375 e. The fraction of sp³-hybridized carbons (Fsp3) is 0.400. The molecule has 1 aromatic rings. The molecule has 0 aliphatic rings. The van der Waals surface area contributed by atoms with Gasteiger partial charge in [-0.05, 0) is 32.9 Å². The molecule has 82 valence electrons. The number of benzene rings is 1. The monoisotopic (exact) mass is 228 g/mol. The predicted octanol–water partition coefficient (Wildman–Crippen LogP) is 3.46. The van der Waals surface area contributed by atoms with Crippen molar-refractivity contribution in [3.8, 4) is 0 Å². The highest BCUT2D eigenvalue weighted by atomic mass is 35.5. The van der Waals surface area contributed by atoms with Crippen LogP contribution in [0.5, 0.6) is 0 Å². The summed E-state index contributed by atoms with van der Waals surface area (Å²) in [6.07, 6.45) is 0. The van der Waals surface area contributed by atoms with Gasteiger partial charge in [0.2, 0.25) is 0 Å². The first-order chi connectivity index (χ1) is 6.81. The summed E-state index contributed by atoms with van der Waals surface area (Å²) in [5.74, 6) is 0. The van der Waals surface area contributed by atoms with Crippen LogP contribution in [0.2, 0.25) is 5.02 Å². The number of halogens is 1. The molecule has 0 heterocycles. The van der Waals surface area contributed by atoms with Crippen molar-refractivity contribution in [3.05, 3.63) is 33.3 Å². The van der Waals surface area contributed by atoms with Gasteiger partial charge >= 0.3 is 5.69 Å². The SMILES string of the molecule is CC(C)(C)Nc1cccc(Cl)c1[N+](=O)[O-]. The van der Waals surface area contributed by atoms with E-state index in [1.807, 2.05) is 20.8 Å². The van der Waals surface area contributed by atoms with Crippen LogP contribution < -0.4 is 5.32 Å². The maximum absolute atomic E-state index is 10.8. The molecule has 0 bridgehead atoms. The number of nitrogens with one attached hydrogen (secondary N) is 1. The molecule has 15 heavy (non-hydrogen) atoms. The minimum Gasteiger partial charge on any atom is -0.375 e. The van der Waals surface area contributed by atoms with E-state index in [4.69, 9.17) is 11.6 Å². The molecule has 0 aliphatic carbocycles. The van der Waals surface area contributed by atoms with E-state index in [-0.39, 0.29) is 16.2 Å². The summed E-state index contributed by atoms with van der Waals surface area (Å²) in [5.41, 5.74) is 0.129. The van der Waals surface area contributed by atoms with Gasteiger partial charge in [0.15, 0.2) is 0 Å². The quantitative estimate of drug-likeness (QED) is 0.623. The second-order valence-electron chi connectivity index (χ2n) is 4.27. The Labute approximate surface area is 93.4 Å². The molecular formula is C10H13ClN2O2. The molecule has 0 unspecified atom stereocenters. The van der Waals surface area contributed by atoms with Crippen molar-refractivity contribution < 1.29 is 4.92 Å². The summed E-state index contributed by atoms with van der Waals surface area (Å²) >= 11 is 5.77. The molecule has 0 spiro atoms. The van der Waals surface area contributed by atoms with Crippen molar-refractivity contribution in [1.29, 1.82) is 0 Å². The first kappa shape index (κ1) is 11.8. The van der Waals surface area contributed by atoms with Crippen LogP contribution >= 0.6 is 11.6 Å². The van der Waals surface area contributed by atoms with Crippen LogP contribution in [-0.2, 0) is 0 Å². The molecular weight excluding hydrogens is 216 g/mol. The highest BCUT2D eigenvalue weighted by Crippen LogP contribution is 2.33. The molecule has 0 atom stereocenters. The highest BCUT2D eigenvalue weighted by molar-refractivity contribution is 6.33. The lowest BCUT2D eigenvalue weighted by Gasteiger charge is -2.21. The Morgan fingerprint density at radius 2 is 2.00 bits per heavy atom. The average Bonchev–Trinajstić information content (AvgIpc) is 1.99. The van der Waals surface area contributed by atoms with E-state index >= 15 is 0 Å². The zero-order valence-corrected chi connectivity index (χ0v) is 9.63. The lowest BCUT2D eigenvalue weighted by molar-refractivity contribution is -0.383. The van der Waals surface area contributed by atoms with Gasteiger partial charge in [0.05, 0.1) is 4.92 Å². The molecule has 0 aliphatic heterocycles. The Morgan fingerprint density at radius 1 is 1.40 bits per heavy atom. The number of nitrogens with zero attached hydrogens (tertiary/aromatic N) is 1. The van der Waals surface area contributed by atoms with Crippen molar-refractivity contribution in [3.63, 3.8) is 0 Å². The van der Waals surface area contributed by atoms with Crippen LogP contribution in [-0.4, -0.2) is 10.5 Å². The van der Waals surface area contributed by atoms with Crippen LogP contribution in [0.15, 0.2) is 18.2 Å². The lowest BCUT2D eigenvalue weighted by Crippen LogP contribution is -2.26. The Hall–Kier alpha value is -1.29. The standard InChI is InChI=1S/C10H13ClN2O2/c1-10(2,3)12-8-6-4-5-7(11)9(8)13(14)15/h4-6,12H,1-3H3. The number of para-hydroxylation sites is 1. The number of hydrogen-bond acceptors (Lipinski definition) is 3. The number of anilines is 1. The Balaban J connectivity index is 3.18. The Bertz CT molecular complexity index is 385. The maximum Gasteiger partial charge on any atom is 0.310 e.